The Morgan fingerprint density at radius 3 is 1.45 bits per heavy atom. The Balaban J connectivity index is 1.30. The van der Waals surface area contributed by atoms with Crippen LogP contribution in [-0.4, -0.2) is 29.8 Å². The van der Waals surface area contributed by atoms with E-state index in [1.165, 1.54) is 22.3 Å². The first-order valence-corrected chi connectivity index (χ1v) is 10.5. The van der Waals surface area contributed by atoms with Gasteiger partial charge in [0.1, 0.15) is 38.4 Å². The third-order valence-electron chi connectivity index (χ3n) is 6.29. The van der Waals surface area contributed by atoms with E-state index in [2.05, 4.69) is 72.8 Å². The van der Waals surface area contributed by atoms with Crippen LogP contribution in [0.4, 0.5) is 0 Å². The van der Waals surface area contributed by atoms with E-state index >= 15 is 0 Å². The molecule has 0 radical (unpaired) electrons. The van der Waals surface area contributed by atoms with Gasteiger partial charge in [-0.25, -0.2) is 0 Å². The second-order valence-corrected chi connectivity index (χ2v) is 8.46. The number of fused-ring (bicyclic) bond motifs is 1. The van der Waals surface area contributed by atoms with Gasteiger partial charge >= 0.3 is 0 Å². The van der Waals surface area contributed by atoms with Crippen LogP contribution in [0.1, 0.15) is 22.3 Å². The summed E-state index contributed by atoms with van der Waals surface area (Å²) in [5.74, 6) is 0. The van der Waals surface area contributed by atoms with Crippen LogP contribution in [0, 0.1) is 0 Å². The summed E-state index contributed by atoms with van der Waals surface area (Å²) in [6.07, 6.45) is 0.237. The van der Waals surface area contributed by atoms with Crippen LogP contribution in [0.2, 0.25) is 0 Å². The summed E-state index contributed by atoms with van der Waals surface area (Å²) in [6.45, 7) is 5.49. The predicted molar refractivity (Wildman–Crippen MR) is 114 cm³/mol. The third kappa shape index (κ3) is 4.13. The summed E-state index contributed by atoms with van der Waals surface area (Å²) in [5.41, 5.74) is 5.41. The topological polar surface area (TPSA) is 18.5 Å². The molecule has 1 spiro atoms. The SMILES string of the molecule is c1ccc(CO[C@H]2C[N+]3(Cc4ccccc4C3)C[C@@H]2OCc2ccccc2)cc1. The molecule has 3 heteroatoms. The van der Waals surface area contributed by atoms with E-state index in [0.29, 0.717) is 13.2 Å². The third-order valence-corrected chi connectivity index (χ3v) is 6.29. The van der Waals surface area contributed by atoms with Gasteiger partial charge in [-0.2, -0.15) is 0 Å². The highest BCUT2D eigenvalue weighted by Gasteiger charge is 2.49. The highest BCUT2D eigenvalue weighted by Crippen LogP contribution is 2.36. The number of ether oxygens (including phenoxy) is 2. The summed E-state index contributed by atoms with van der Waals surface area (Å²) in [7, 11) is 0. The van der Waals surface area contributed by atoms with Crippen LogP contribution < -0.4 is 0 Å². The minimum absolute atomic E-state index is 0.119. The molecule has 148 valence electrons. The lowest BCUT2D eigenvalue weighted by Crippen LogP contribution is -2.41. The molecule has 3 aromatic carbocycles. The highest BCUT2D eigenvalue weighted by atomic mass is 16.5. The van der Waals surface area contributed by atoms with E-state index < -0.39 is 0 Å². The molecule has 2 aliphatic rings. The Morgan fingerprint density at radius 1 is 0.586 bits per heavy atom. The van der Waals surface area contributed by atoms with Gasteiger partial charge in [0, 0.05) is 11.1 Å². The fourth-order valence-corrected chi connectivity index (χ4v) is 4.85. The Labute approximate surface area is 173 Å². The van der Waals surface area contributed by atoms with Crippen LogP contribution in [-0.2, 0) is 35.8 Å². The Bertz CT molecular complexity index is 863. The minimum Gasteiger partial charge on any atom is -0.365 e. The van der Waals surface area contributed by atoms with Gasteiger partial charge in [0.15, 0.2) is 0 Å². The molecule has 0 bridgehead atoms. The minimum atomic E-state index is 0.119. The van der Waals surface area contributed by atoms with E-state index in [1.54, 1.807) is 0 Å². The lowest BCUT2D eigenvalue weighted by atomic mass is 10.1. The van der Waals surface area contributed by atoms with Crippen molar-refractivity contribution in [2.24, 2.45) is 0 Å². The highest BCUT2D eigenvalue weighted by molar-refractivity contribution is 5.28. The molecule has 0 aromatic heterocycles. The molecule has 0 N–H and O–H groups in total. The lowest BCUT2D eigenvalue weighted by molar-refractivity contribution is -0.938. The Kier molecular flexibility index (Phi) is 5.19. The normalized spacial score (nSPS) is 22.1. The first-order chi connectivity index (χ1) is 14.3. The molecule has 0 saturated carbocycles. The van der Waals surface area contributed by atoms with Gasteiger partial charge in [0.05, 0.1) is 13.2 Å². The van der Waals surface area contributed by atoms with E-state index in [9.17, 15) is 0 Å². The molecule has 3 nitrogen and oxygen atoms in total. The van der Waals surface area contributed by atoms with Gasteiger partial charge in [-0.15, -0.1) is 0 Å². The fourth-order valence-electron chi connectivity index (χ4n) is 4.85. The van der Waals surface area contributed by atoms with Gasteiger partial charge in [0.25, 0.3) is 0 Å². The summed E-state index contributed by atoms with van der Waals surface area (Å²) < 4.78 is 13.9. The lowest BCUT2D eigenvalue weighted by Gasteiger charge is -2.28. The fraction of sp³-hybridized carbons (Fsp3) is 0.308. The molecule has 0 aliphatic carbocycles. The number of hydrogen-bond donors (Lipinski definition) is 0. The number of hydrogen-bond acceptors (Lipinski definition) is 2. The van der Waals surface area contributed by atoms with Crippen molar-refractivity contribution in [1.29, 1.82) is 0 Å². The molecule has 1 saturated heterocycles. The number of rotatable bonds is 6. The van der Waals surface area contributed by atoms with Gasteiger partial charge in [-0.3, -0.25) is 0 Å². The van der Waals surface area contributed by atoms with Crippen LogP contribution in [0.5, 0.6) is 0 Å². The van der Waals surface area contributed by atoms with Crippen LogP contribution >= 0.6 is 0 Å². The largest absolute Gasteiger partial charge is 0.365 e. The van der Waals surface area contributed by atoms with Gasteiger partial charge in [-0.05, 0) is 11.1 Å². The van der Waals surface area contributed by atoms with Crippen LogP contribution in [0.3, 0.4) is 0 Å². The molecular formula is C26H28NO2+. The Morgan fingerprint density at radius 2 is 1.00 bits per heavy atom. The van der Waals surface area contributed by atoms with Gasteiger partial charge in [0.2, 0.25) is 0 Å². The molecule has 2 aliphatic heterocycles. The molecule has 2 heterocycles. The number of quaternary nitrogens is 1. The molecular weight excluding hydrogens is 358 g/mol. The smallest absolute Gasteiger partial charge is 0.138 e. The summed E-state index contributed by atoms with van der Waals surface area (Å²) in [6, 6.07) is 29.8. The van der Waals surface area contributed by atoms with Crippen molar-refractivity contribution in [3.63, 3.8) is 0 Å². The maximum Gasteiger partial charge on any atom is 0.138 e. The summed E-state index contributed by atoms with van der Waals surface area (Å²) in [4.78, 5) is 0. The maximum absolute atomic E-state index is 6.43. The zero-order valence-corrected chi connectivity index (χ0v) is 16.7. The van der Waals surface area contributed by atoms with Crippen LogP contribution in [0.15, 0.2) is 84.9 Å². The molecule has 1 fully saturated rings. The van der Waals surface area contributed by atoms with E-state index in [0.717, 1.165) is 30.7 Å². The monoisotopic (exact) mass is 386 g/mol. The summed E-state index contributed by atoms with van der Waals surface area (Å²) in [5, 5.41) is 0. The van der Waals surface area contributed by atoms with Crippen molar-refractivity contribution in [3.05, 3.63) is 107 Å². The van der Waals surface area contributed by atoms with Gasteiger partial charge in [-0.1, -0.05) is 84.9 Å². The average molecular weight is 387 g/mol. The first kappa shape index (κ1) is 18.6. The molecule has 2 atom stereocenters. The standard InChI is InChI=1S/C26H28NO2/c1-3-9-21(10-4-1)19-28-25-17-27(15-23-13-7-8-14-24(23)16-27)18-26(25)29-20-22-11-5-2-6-12-22/h1-14,25-26H,15-20H2/q+1/t25-,26-/m0/s1. The number of nitrogens with zero attached hydrogens (tertiary/aromatic N) is 1. The molecule has 5 rings (SSSR count). The second-order valence-electron chi connectivity index (χ2n) is 8.46. The van der Waals surface area contributed by atoms with Crippen molar-refractivity contribution >= 4 is 0 Å². The van der Waals surface area contributed by atoms with Crippen molar-refractivity contribution in [2.45, 2.75) is 38.5 Å². The molecule has 3 aromatic rings. The van der Waals surface area contributed by atoms with Crippen molar-refractivity contribution in [2.75, 3.05) is 13.1 Å². The average Bonchev–Trinajstić information content (AvgIpc) is 3.30. The zero-order chi connectivity index (χ0) is 19.5. The van der Waals surface area contributed by atoms with E-state index in [-0.39, 0.29) is 12.2 Å². The van der Waals surface area contributed by atoms with Crippen molar-refractivity contribution in [3.8, 4) is 0 Å². The zero-order valence-electron chi connectivity index (χ0n) is 16.7. The van der Waals surface area contributed by atoms with E-state index in [1.807, 2.05) is 12.1 Å². The quantitative estimate of drug-likeness (QED) is 0.572. The summed E-state index contributed by atoms with van der Waals surface area (Å²) >= 11 is 0. The van der Waals surface area contributed by atoms with Crippen LogP contribution in [0.25, 0.3) is 0 Å². The predicted octanol–water partition coefficient (Wildman–Crippen LogP) is 4.70. The second kappa shape index (κ2) is 8.11. The molecule has 0 amide bonds. The molecule has 29 heavy (non-hydrogen) atoms. The van der Waals surface area contributed by atoms with Crippen molar-refractivity contribution < 1.29 is 14.0 Å². The van der Waals surface area contributed by atoms with E-state index in [4.69, 9.17) is 9.47 Å². The first-order valence-electron chi connectivity index (χ1n) is 10.5. The number of benzene rings is 3. The maximum atomic E-state index is 6.43. The van der Waals surface area contributed by atoms with Gasteiger partial charge < -0.3 is 14.0 Å². The molecule has 0 unspecified atom stereocenters. The van der Waals surface area contributed by atoms with Crippen molar-refractivity contribution in [1.82, 2.24) is 0 Å². The Hall–Kier alpha value is -2.46.